The van der Waals surface area contributed by atoms with Crippen LogP contribution in [0.2, 0.25) is 0 Å². The summed E-state index contributed by atoms with van der Waals surface area (Å²) in [4.78, 5) is 25.5. The molecule has 0 spiro atoms. The zero-order valence-electron chi connectivity index (χ0n) is 17.9. The number of carbonyl (C=O) groups excluding carboxylic acids is 1. The lowest BCUT2D eigenvalue weighted by molar-refractivity contribution is -0.137. The summed E-state index contributed by atoms with van der Waals surface area (Å²) in [6, 6.07) is 12.6. The van der Waals surface area contributed by atoms with Crippen LogP contribution in [0.4, 0.5) is 23.4 Å². The van der Waals surface area contributed by atoms with Crippen LogP contribution < -0.4 is 10.7 Å². The molecular formula is C23H17F4N5O2. The van der Waals surface area contributed by atoms with E-state index in [0.717, 1.165) is 16.8 Å². The van der Waals surface area contributed by atoms with Gasteiger partial charge in [-0.2, -0.15) is 23.4 Å². The van der Waals surface area contributed by atoms with Crippen molar-refractivity contribution in [2.24, 2.45) is 0 Å². The average molecular weight is 471 g/mol. The molecule has 1 amide bonds. The predicted molar refractivity (Wildman–Crippen MR) is 116 cm³/mol. The van der Waals surface area contributed by atoms with Crippen molar-refractivity contribution < 1.29 is 22.4 Å². The fourth-order valence-corrected chi connectivity index (χ4v) is 3.39. The predicted octanol–water partition coefficient (Wildman–Crippen LogP) is 4.45. The SMILES string of the molecule is Cc1cc(NC(=O)c2nn(-c3ccccc3C(F)(F)F)c(C)cc2=O)n(-c2ccc(F)cc2)n1. The molecule has 34 heavy (non-hydrogen) atoms. The number of aryl methyl sites for hydroxylation is 2. The van der Waals surface area contributed by atoms with E-state index < -0.39 is 34.6 Å². The first-order valence-corrected chi connectivity index (χ1v) is 9.96. The van der Waals surface area contributed by atoms with Gasteiger partial charge in [-0.15, -0.1) is 0 Å². The third-order valence-electron chi connectivity index (χ3n) is 4.90. The molecule has 0 fully saturated rings. The molecule has 0 aliphatic carbocycles. The van der Waals surface area contributed by atoms with Gasteiger partial charge in [-0.05, 0) is 50.2 Å². The second kappa shape index (κ2) is 8.58. The number of hydrogen-bond acceptors (Lipinski definition) is 4. The molecule has 2 aromatic carbocycles. The van der Waals surface area contributed by atoms with Crippen molar-refractivity contribution in [1.82, 2.24) is 19.6 Å². The number of anilines is 1. The smallest absolute Gasteiger partial charge is 0.305 e. The molecule has 0 saturated carbocycles. The highest BCUT2D eigenvalue weighted by molar-refractivity contribution is 6.02. The first kappa shape index (κ1) is 22.9. The van der Waals surface area contributed by atoms with E-state index in [4.69, 9.17) is 0 Å². The molecule has 0 bridgehead atoms. The van der Waals surface area contributed by atoms with E-state index in [1.165, 1.54) is 60.1 Å². The Kier molecular flexibility index (Phi) is 5.78. The fourth-order valence-electron chi connectivity index (χ4n) is 3.39. The van der Waals surface area contributed by atoms with E-state index in [0.29, 0.717) is 11.4 Å². The van der Waals surface area contributed by atoms with Gasteiger partial charge in [0, 0.05) is 17.8 Å². The summed E-state index contributed by atoms with van der Waals surface area (Å²) in [5.41, 5.74) is -1.58. The average Bonchev–Trinajstić information content (AvgIpc) is 3.13. The van der Waals surface area contributed by atoms with E-state index in [1.54, 1.807) is 6.92 Å². The Labute approximate surface area is 190 Å². The molecule has 4 aromatic rings. The molecule has 7 nitrogen and oxygen atoms in total. The van der Waals surface area contributed by atoms with Gasteiger partial charge in [-0.3, -0.25) is 9.59 Å². The van der Waals surface area contributed by atoms with E-state index in [-0.39, 0.29) is 17.2 Å². The third kappa shape index (κ3) is 4.45. The normalized spacial score (nSPS) is 11.5. The highest BCUT2D eigenvalue weighted by Crippen LogP contribution is 2.33. The summed E-state index contributed by atoms with van der Waals surface area (Å²) >= 11 is 0. The number of nitrogens with one attached hydrogen (secondary N) is 1. The first-order chi connectivity index (χ1) is 16.0. The Balaban J connectivity index is 1.75. The van der Waals surface area contributed by atoms with Crippen LogP contribution in [0.25, 0.3) is 11.4 Å². The summed E-state index contributed by atoms with van der Waals surface area (Å²) in [5, 5.41) is 10.7. The number of hydrogen-bond donors (Lipinski definition) is 1. The summed E-state index contributed by atoms with van der Waals surface area (Å²) in [6.45, 7) is 3.08. The number of para-hydroxylation sites is 1. The van der Waals surface area contributed by atoms with E-state index >= 15 is 0 Å². The van der Waals surface area contributed by atoms with Crippen LogP contribution in [0.5, 0.6) is 0 Å². The molecule has 174 valence electrons. The number of nitrogens with zero attached hydrogens (tertiary/aromatic N) is 4. The number of halogens is 4. The zero-order valence-corrected chi connectivity index (χ0v) is 17.9. The molecule has 11 heteroatoms. The minimum atomic E-state index is -4.67. The van der Waals surface area contributed by atoms with Gasteiger partial charge in [0.25, 0.3) is 5.91 Å². The van der Waals surface area contributed by atoms with Crippen LogP contribution in [0.1, 0.15) is 27.4 Å². The number of aromatic nitrogens is 4. The third-order valence-corrected chi connectivity index (χ3v) is 4.90. The maximum absolute atomic E-state index is 13.5. The molecular weight excluding hydrogens is 454 g/mol. The molecule has 0 aliphatic rings. The van der Waals surface area contributed by atoms with Crippen LogP contribution in [0.15, 0.2) is 65.5 Å². The summed E-state index contributed by atoms with van der Waals surface area (Å²) in [5.74, 6) is -1.23. The molecule has 2 heterocycles. The van der Waals surface area contributed by atoms with Crippen molar-refractivity contribution in [2.75, 3.05) is 5.32 Å². The maximum atomic E-state index is 13.5. The van der Waals surface area contributed by atoms with Gasteiger partial charge in [0.2, 0.25) is 5.43 Å². The lowest BCUT2D eigenvalue weighted by Gasteiger charge is -2.16. The van der Waals surface area contributed by atoms with Gasteiger partial charge in [0.1, 0.15) is 11.6 Å². The summed E-state index contributed by atoms with van der Waals surface area (Å²) in [6.07, 6.45) is -4.67. The highest BCUT2D eigenvalue weighted by atomic mass is 19.4. The topological polar surface area (TPSA) is 81.8 Å². The molecule has 2 aromatic heterocycles. The van der Waals surface area contributed by atoms with Gasteiger partial charge in [0.05, 0.1) is 22.6 Å². The fraction of sp³-hybridized carbons (Fsp3) is 0.130. The highest BCUT2D eigenvalue weighted by Gasteiger charge is 2.34. The Hall–Kier alpha value is -4.28. The van der Waals surface area contributed by atoms with Crippen molar-refractivity contribution >= 4 is 11.7 Å². The number of rotatable bonds is 4. The van der Waals surface area contributed by atoms with Gasteiger partial charge >= 0.3 is 6.18 Å². The van der Waals surface area contributed by atoms with Crippen molar-refractivity contribution in [1.29, 1.82) is 0 Å². The number of amides is 1. The van der Waals surface area contributed by atoms with Gasteiger partial charge in [-0.1, -0.05) is 12.1 Å². The van der Waals surface area contributed by atoms with E-state index in [2.05, 4.69) is 15.5 Å². The molecule has 0 saturated heterocycles. The monoisotopic (exact) mass is 471 g/mol. The Bertz CT molecular complexity index is 1440. The van der Waals surface area contributed by atoms with Gasteiger partial charge in [0.15, 0.2) is 5.69 Å². The van der Waals surface area contributed by atoms with Crippen LogP contribution in [0.3, 0.4) is 0 Å². The molecule has 0 aliphatic heterocycles. The standard InChI is InChI=1S/C23H17F4N5O2/c1-13-11-20(32(29-13)16-9-7-15(24)8-10-16)28-22(34)21-19(33)12-14(2)31(30-21)18-6-4-3-5-17(18)23(25,26)27/h3-12H,1-2H3,(H,28,34). The molecule has 0 atom stereocenters. The molecule has 0 radical (unpaired) electrons. The Morgan fingerprint density at radius 2 is 1.62 bits per heavy atom. The van der Waals surface area contributed by atoms with E-state index in [9.17, 15) is 27.2 Å². The summed E-state index contributed by atoms with van der Waals surface area (Å²) < 4.78 is 56.0. The van der Waals surface area contributed by atoms with Crippen LogP contribution in [-0.4, -0.2) is 25.5 Å². The molecule has 0 unspecified atom stereocenters. The number of alkyl halides is 3. The number of benzene rings is 2. The van der Waals surface area contributed by atoms with Crippen molar-refractivity contribution in [3.63, 3.8) is 0 Å². The van der Waals surface area contributed by atoms with Crippen molar-refractivity contribution in [3.8, 4) is 11.4 Å². The minimum absolute atomic E-state index is 0.116. The molecule has 4 rings (SSSR count). The van der Waals surface area contributed by atoms with Crippen LogP contribution in [0, 0.1) is 19.7 Å². The minimum Gasteiger partial charge on any atom is -0.305 e. The van der Waals surface area contributed by atoms with Crippen LogP contribution in [-0.2, 0) is 6.18 Å². The zero-order chi connectivity index (χ0) is 24.6. The second-order valence-electron chi connectivity index (χ2n) is 7.44. The van der Waals surface area contributed by atoms with Gasteiger partial charge in [-0.25, -0.2) is 13.8 Å². The van der Waals surface area contributed by atoms with Crippen molar-refractivity contribution in [2.45, 2.75) is 20.0 Å². The first-order valence-electron chi connectivity index (χ1n) is 9.96. The number of carbonyl (C=O) groups is 1. The lowest BCUT2D eigenvalue weighted by Crippen LogP contribution is -2.28. The van der Waals surface area contributed by atoms with Crippen molar-refractivity contribution in [3.05, 3.63) is 99.3 Å². The molecule has 1 N–H and O–H groups in total. The largest absolute Gasteiger partial charge is 0.418 e. The van der Waals surface area contributed by atoms with Gasteiger partial charge < -0.3 is 5.32 Å². The quantitative estimate of drug-likeness (QED) is 0.446. The Morgan fingerprint density at radius 1 is 0.941 bits per heavy atom. The van der Waals surface area contributed by atoms with E-state index in [1.807, 2.05) is 0 Å². The second-order valence-corrected chi connectivity index (χ2v) is 7.44. The lowest BCUT2D eigenvalue weighted by atomic mass is 10.1. The van der Waals surface area contributed by atoms with Crippen LogP contribution >= 0.6 is 0 Å². The maximum Gasteiger partial charge on any atom is 0.418 e. The summed E-state index contributed by atoms with van der Waals surface area (Å²) in [7, 11) is 0. The Morgan fingerprint density at radius 3 is 2.29 bits per heavy atom.